The summed E-state index contributed by atoms with van der Waals surface area (Å²) in [5.74, 6) is -0.185. The average Bonchev–Trinajstić information content (AvgIpc) is 2.17. The van der Waals surface area contributed by atoms with Crippen molar-refractivity contribution in [3.8, 4) is 0 Å². The van der Waals surface area contributed by atoms with Crippen molar-refractivity contribution in [1.82, 2.24) is 10.6 Å². The van der Waals surface area contributed by atoms with Crippen molar-refractivity contribution >= 4 is 11.9 Å². The summed E-state index contributed by atoms with van der Waals surface area (Å²) in [5, 5.41) is 4.98. The average molecular weight is 228 g/mol. The second kappa shape index (κ2) is 6.48. The number of hydrogen-bond acceptors (Lipinski definition) is 2. The lowest BCUT2D eigenvalue weighted by Crippen LogP contribution is -3.14. The van der Waals surface area contributed by atoms with Crippen molar-refractivity contribution in [3.63, 3.8) is 0 Å². The number of carbonyl (C=O) groups excluding carboxylic acids is 2. The Morgan fingerprint density at radius 1 is 1.19 bits per heavy atom. The lowest BCUT2D eigenvalue weighted by Gasteiger charge is -2.22. The summed E-state index contributed by atoms with van der Waals surface area (Å²) in [6.07, 6.45) is 3.63. The molecule has 16 heavy (non-hydrogen) atoms. The fourth-order valence-electron chi connectivity index (χ4n) is 1.92. The van der Waals surface area contributed by atoms with E-state index in [-0.39, 0.29) is 11.9 Å². The van der Waals surface area contributed by atoms with Crippen molar-refractivity contribution in [2.24, 2.45) is 0 Å². The second-order valence-electron chi connectivity index (χ2n) is 4.66. The van der Waals surface area contributed by atoms with Gasteiger partial charge >= 0.3 is 6.03 Å². The number of nitrogens with one attached hydrogen (secondary N) is 3. The van der Waals surface area contributed by atoms with Gasteiger partial charge in [0.25, 0.3) is 5.91 Å². The van der Waals surface area contributed by atoms with E-state index in [1.807, 2.05) is 13.8 Å². The first-order valence-electron chi connectivity index (χ1n) is 6.02. The van der Waals surface area contributed by atoms with Gasteiger partial charge in [-0.05, 0) is 33.1 Å². The number of rotatable bonds is 3. The molecule has 0 unspecified atom stereocenters. The predicted molar refractivity (Wildman–Crippen MR) is 61.2 cm³/mol. The number of urea groups is 1. The molecule has 0 aromatic heterocycles. The molecule has 1 rings (SSSR count). The van der Waals surface area contributed by atoms with E-state index < -0.39 is 6.03 Å². The molecule has 1 aliphatic rings. The lowest BCUT2D eigenvalue weighted by molar-refractivity contribution is -0.896. The van der Waals surface area contributed by atoms with Gasteiger partial charge < -0.3 is 10.2 Å². The Balaban J connectivity index is 2.21. The maximum absolute atomic E-state index is 11.5. The van der Waals surface area contributed by atoms with Crippen molar-refractivity contribution < 1.29 is 14.5 Å². The summed E-state index contributed by atoms with van der Waals surface area (Å²) in [5.41, 5.74) is 0. The van der Waals surface area contributed by atoms with Gasteiger partial charge in [-0.1, -0.05) is 0 Å². The van der Waals surface area contributed by atoms with E-state index >= 15 is 0 Å². The third-order valence-electron chi connectivity index (χ3n) is 2.64. The number of likely N-dealkylation sites (tertiary alicyclic amines) is 1. The number of quaternary nitrogens is 1. The highest BCUT2D eigenvalue weighted by Crippen LogP contribution is 1.93. The van der Waals surface area contributed by atoms with Crippen LogP contribution in [0.15, 0.2) is 0 Å². The summed E-state index contributed by atoms with van der Waals surface area (Å²) in [6.45, 7) is 6.21. The molecule has 0 aliphatic carbocycles. The van der Waals surface area contributed by atoms with Crippen LogP contribution in [0.4, 0.5) is 4.79 Å². The summed E-state index contributed by atoms with van der Waals surface area (Å²) >= 11 is 0. The highest BCUT2D eigenvalue weighted by Gasteiger charge is 2.18. The SMILES string of the molecule is CC(C)NC(=O)NC(=O)C[NH+]1CCCCC1. The number of hydrogen-bond donors (Lipinski definition) is 3. The Labute approximate surface area is 96.6 Å². The van der Waals surface area contributed by atoms with Crippen LogP contribution in [0.5, 0.6) is 0 Å². The molecule has 5 heteroatoms. The molecule has 0 spiro atoms. The van der Waals surface area contributed by atoms with Crippen LogP contribution in [0.1, 0.15) is 33.1 Å². The van der Waals surface area contributed by atoms with Crippen molar-refractivity contribution in [1.29, 1.82) is 0 Å². The first-order chi connectivity index (χ1) is 7.58. The van der Waals surface area contributed by atoms with E-state index in [1.54, 1.807) is 0 Å². The third-order valence-corrected chi connectivity index (χ3v) is 2.64. The quantitative estimate of drug-likeness (QED) is 0.597. The zero-order valence-corrected chi connectivity index (χ0v) is 10.1. The normalized spacial score (nSPS) is 17.2. The van der Waals surface area contributed by atoms with Crippen molar-refractivity contribution in [2.75, 3.05) is 19.6 Å². The van der Waals surface area contributed by atoms with Gasteiger partial charge in [-0.15, -0.1) is 0 Å². The zero-order chi connectivity index (χ0) is 12.0. The van der Waals surface area contributed by atoms with Crippen LogP contribution in [0.2, 0.25) is 0 Å². The molecule has 0 saturated carbocycles. The van der Waals surface area contributed by atoms with Crippen LogP contribution in [-0.2, 0) is 4.79 Å². The molecule has 5 nitrogen and oxygen atoms in total. The van der Waals surface area contributed by atoms with Gasteiger partial charge in [0.05, 0.1) is 13.1 Å². The molecule has 0 aromatic carbocycles. The minimum Gasteiger partial charge on any atom is -0.336 e. The van der Waals surface area contributed by atoms with E-state index in [9.17, 15) is 9.59 Å². The molecule has 1 saturated heterocycles. The molecule has 1 fully saturated rings. The van der Waals surface area contributed by atoms with E-state index in [0.29, 0.717) is 6.54 Å². The molecule has 0 bridgehead atoms. The minimum atomic E-state index is -0.392. The van der Waals surface area contributed by atoms with Gasteiger partial charge in [-0.3, -0.25) is 10.1 Å². The predicted octanol–water partition coefficient (Wildman–Crippen LogP) is -0.711. The Morgan fingerprint density at radius 3 is 2.38 bits per heavy atom. The molecule has 1 aliphatic heterocycles. The van der Waals surface area contributed by atoms with Gasteiger partial charge in [0.15, 0.2) is 6.54 Å². The summed E-state index contributed by atoms with van der Waals surface area (Å²) in [6, 6.07) is -0.341. The number of piperidine rings is 1. The van der Waals surface area contributed by atoms with Crippen molar-refractivity contribution in [2.45, 2.75) is 39.2 Å². The lowest BCUT2D eigenvalue weighted by atomic mass is 10.1. The van der Waals surface area contributed by atoms with Crippen LogP contribution in [-0.4, -0.2) is 37.6 Å². The van der Waals surface area contributed by atoms with E-state index in [2.05, 4.69) is 10.6 Å². The molecule has 1 heterocycles. The third kappa shape index (κ3) is 5.11. The van der Waals surface area contributed by atoms with Gasteiger partial charge in [-0.25, -0.2) is 4.79 Å². The first-order valence-corrected chi connectivity index (χ1v) is 6.02. The van der Waals surface area contributed by atoms with E-state index in [4.69, 9.17) is 0 Å². The smallest absolute Gasteiger partial charge is 0.321 e. The summed E-state index contributed by atoms with van der Waals surface area (Å²) < 4.78 is 0. The maximum atomic E-state index is 11.5. The monoisotopic (exact) mass is 228 g/mol. The second-order valence-corrected chi connectivity index (χ2v) is 4.66. The fourth-order valence-corrected chi connectivity index (χ4v) is 1.92. The van der Waals surface area contributed by atoms with Gasteiger partial charge in [0, 0.05) is 6.04 Å². The molecule has 3 N–H and O–H groups in total. The topological polar surface area (TPSA) is 62.6 Å². The molecular weight excluding hydrogens is 206 g/mol. The van der Waals surface area contributed by atoms with E-state index in [1.165, 1.54) is 24.2 Å². The largest absolute Gasteiger partial charge is 0.336 e. The Hall–Kier alpha value is -1.10. The molecule has 3 amide bonds. The molecular formula is C11H22N3O2+. The number of imide groups is 1. The van der Waals surface area contributed by atoms with Crippen LogP contribution in [0, 0.1) is 0 Å². The fraction of sp³-hybridized carbons (Fsp3) is 0.818. The highest BCUT2D eigenvalue weighted by atomic mass is 16.2. The van der Waals surface area contributed by atoms with Crippen LogP contribution in [0.3, 0.4) is 0 Å². The molecule has 0 atom stereocenters. The van der Waals surface area contributed by atoms with Crippen molar-refractivity contribution in [3.05, 3.63) is 0 Å². The maximum Gasteiger partial charge on any atom is 0.321 e. The molecule has 92 valence electrons. The highest BCUT2D eigenvalue weighted by molar-refractivity contribution is 5.94. The molecule has 0 radical (unpaired) electrons. The summed E-state index contributed by atoms with van der Waals surface area (Å²) in [7, 11) is 0. The number of amides is 3. The van der Waals surface area contributed by atoms with Gasteiger partial charge in [-0.2, -0.15) is 0 Å². The van der Waals surface area contributed by atoms with Crippen LogP contribution >= 0.6 is 0 Å². The zero-order valence-electron chi connectivity index (χ0n) is 10.1. The standard InChI is InChI=1S/C11H21N3O2/c1-9(2)12-11(16)13-10(15)8-14-6-4-3-5-7-14/h9H,3-8H2,1-2H3,(H2,12,13,15,16)/p+1. The Kier molecular flexibility index (Phi) is 5.25. The van der Waals surface area contributed by atoms with Gasteiger partial charge in [0.1, 0.15) is 0 Å². The van der Waals surface area contributed by atoms with E-state index in [0.717, 1.165) is 13.1 Å². The molecule has 0 aromatic rings. The number of carbonyl (C=O) groups is 2. The summed E-state index contributed by atoms with van der Waals surface area (Å²) in [4.78, 5) is 24.0. The Bertz CT molecular complexity index is 248. The Morgan fingerprint density at radius 2 is 1.81 bits per heavy atom. The van der Waals surface area contributed by atoms with Crippen LogP contribution in [0.25, 0.3) is 0 Å². The van der Waals surface area contributed by atoms with Crippen LogP contribution < -0.4 is 15.5 Å². The minimum absolute atomic E-state index is 0.0510. The first kappa shape index (κ1) is 13.0. The van der Waals surface area contributed by atoms with Gasteiger partial charge in [0.2, 0.25) is 0 Å².